The van der Waals surface area contributed by atoms with Crippen molar-refractivity contribution in [1.29, 1.82) is 0 Å². The number of cyclic esters (lactones) is 1. The molecule has 1 aliphatic heterocycles. The molecule has 1 atom stereocenters. The van der Waals surface area contributed by atoms with E-state index in [-0.39, 0.29) is 12.1 Å². The van der Waals surface area contributed by atoms with Gasteiger partial charge in [0, 0.05) is 12.0 Å². The van der Waals surface area contributed by atoms with E-state index in [0.717, 1.165) is 55.6 Å². The number of aryl methyl sites for hydroxylation is 1. The molecule has 21 heavy (non-hydrogen) atoms. The summed E-state index contributed by atoms with van der Waals surface area (Å²) in [6.07, 6.45) is 9.55. The second kappa shape index (κ2) is 5.34. The van der Waals surface area contributed by atoms with E-state index in [1.165, 1.54) is 12.0 Å². The van der Waals surface area contributed by atoms with Gasteiger partial charge in [0.15, 0.2) is 0 Å². The van der Waals surface area contributed by atoms with Crippen LogP contribution in [0, 0.1) is 0 Å². The number of carbonyl (C=O) groups is 1. The fourth-order valence-corrected chi connectivity index (χ4v) is 3.65. The average Bonchev–Trinajstić information content (AvgIpc) is 2.91. The maximum absolute atomic E-state index is 12.5. The number of carbonyl (C=O) groups excluding carboxylic acids is 1. The molecule has 0 spiro atoms. The number of esters is 1. The lowest BCUT2D eigenvalue weighted by atomic mass is 9.89. The van der Waals surface area contributed by atoms with Crippen molar-refractivity contribution in [1.82, 2.24) is 0 Å². The zero-order chi connectivity index (χ0) is 14.2. The van der Waals surface area contributed by atoms with E-state index in [1.807, 2.05) is 0 Å². The Labute approximate surface area is 124 Å². The Balaban J connectivity index is 1.87. The molecule has 1 aromatic heterocycles. The van der Waals surface area contributed by atoms with Crippen LogP contribution in [0.15, 0.2) is 10.5 Å². The van der Waals surface area contributed by atoms with Gasteiger partial charge in [-0.1, -0.05) is 6.08 Å². The summed E-state index contributed by atoms with van der Waals surface area (Å²) >= 11 is 0. The summed E-state index contributed by atoms with van der Waals surface area (Å²) < 4.78 is 17.3. The maximum Gasteiger partial charge on any atom is 0.342 e. The second-order valence-corrected chi connectivity index (χ2v) is 6.01. The van der Waals surface area contributed by atoms with E-state index in [4.69, 9.17) is 13.9 Å². The zero-order valence-corrected chi connectivity index (χ0v) is 12.2. The molecule has 4 rings (SSSR count). The van der Waals surface area contributed by atoms with Gasteiger partial charge in [0.2, 0.25) is 0 Å². The van der Waals surface area contributed by atoms with Gasteiger partial charge >= 0.3 is 5.97 Å². The van der Waals surface area contributed by atoms with Crippen molar-refractivity contribution >= 4 is 11.5 Å². The quantitative estimate of drug-likeness (QED) is 0.737. The smallest absolute Gasteiger partial charge is 0.342 e. The molecular weight excluding hydrogens is 268 g/mol. The fraction of sp³-hybridized carbons (Fsp3) is 0.588. The lowest BCUT2D eigenvalue weighted by Gasteiger charge is -2.25. The van der Waals surface area contributed by atoms with E-state index in [0.29, 0.717) is 18.8 Å². The summed E-state index contributed by atoms with van der Waals surface area (Å²) in [5, 5.41) is 0. The predicted molar refractivity (Wildman–Crippen MR) is 77.1 cm³/mol. The van der Waals surface area contributed by atoms with Gasteiger partial charge < -0.3 is 13.9 Å². The highest BCUT2D eigenvalue weighted by Gasteiger charge is 2.36. The first-order valence-corrected chi connectivity index (χ1v) is 7.98. The number of rotatable bonds is 1. The molecule has 0 bridgehead atoms. The van der Waals surface area contributed by atoms with Crippen molar-refractivity contribution in [2.45, 2.75) is 51.0 Å². The standard InChI is InChI=1S/C17H20O4/c18-17-15-14-12(19-9-10-20-17)7-4-8-13(14)21-16(15)11-5-2-1-3-6-11/h5,12H,1-4,6-10H2. The van der Waals surface area contributed by atoms with Gasteiger partial charge in [-0.2, -0.15) is 0 Å². The Morgan fingerprint density at radius 1 is 1.10 bits per heavy atom. The predicted octanol–water partition coefficient (Wildman–Crippen LogP) is 3.80. The van der Waals surface area contributed by atoms with E-state index in [9.17, 15) is 4.79 Å². The van der Waals surface area contributed by atoms with Crippen molar-refractivity contribution in [3.8, 4) is 0 Å². The third-order valence-electron chi connectivity index (χ3n) is 4.64. The molecule has 0 amide bonds. The monoisotopic (exact) mass is 288 g/mol. The van der Waals surface area contributed by atoms with Crippen LogP contribution >= 0.6 is 0 Å². The van der Waals surface area contributed by atoms with Crippen LogP contribution in [0.3, 0.4) is 0 Å². The van der Waals surface area contributed by atoms with Gasteiger partial charge in [-0.15, -0.1) is 0 Å². The third kappa shape index (κ3) is 2.22. The number of hydrogen-bond donors (Lipinski definition) is 0. The third-order valence-corrected chi connectivity index (χ3v) is 4.64. The van der Waals surface area contributed by atoms with Crippen molar-refractivity contribution in [3.63, 3.8) is 0 Å². The van der Waals surface area contributed by atoms with Crippen LogP contribution in [0.25, 0.3) is 5.57 Å². The second-order valence-electron chi connectivity index (χ2n) is 6.01. The van der Waals surface area contributed by atoms with Gasteiger partial charge in [0.1, 0.15) is 23.7 Å². The summed E-state index contributed by atoms with van der Waals surface area (Å²) in [6.45, 7) is 0.798. The van der Waals surface area contributed by atoms with Crippen LogP contribution in [0.5, 0.6) is 0 Å². The fourth-order valence-electron chi connectivity index (χ4n) is 3.65. The number of ether oxygens (including phenoxy) is 2. The van der Waals surface area contributed by atoms with E-state index < -0.39 is 0 Å². The minimum atomic E-state index is -0.239. The molecule has 0 saturated carbocycles. The molecule has 2 aliphatic carbocycles. The summed E-state index contributed by atoms with van der Waals surface area (Å²) in [5.41, 5.74) is 2.77. The topological polar surface area (TPSA) is 48.7 Å². The number of furan rings is 1. The highest BCUT2D eigenvalue weighted by atomic mass is 16.6. The molecule has 1 unspecified atom stereocenters. The largest absolute Gasteiger partial charge is 0.460 e. The molecule has 0 N–H and O–H groups in total. The number of hydrogen-bond acceptors (Lipinski definition) is 4. The zero-order valence-electron chi connectivity index (χ0n) is 12.2. The lowest BCUT2D eigenvalue weighted by molar-refractivity contribution is -0.00711. The maximum atomic E-state index is 12.5. The minimum Gasteiger partial charge on any atom is -0.460 e. The Hall–Kier alpha value is -1.55. The van der Waals surface area contributed by atoms with Crippen molar-refractivity contribution in [2.24, 2.45) is 0 Å². The number of allylic oxidation sites excluding steroid dienone is 2. The molecule has 0 aromatic carbocycles. The van der Waals surface area contributed by atoms with Gasteiger partial charge in [0.25, 0.3) is 0 Å². The Kier molecular flexibility index (Phi) is 3.34. The van der Waals surface area contributed by atoms with Crippen LogP contribution in [-0.2, 0) is 15.9 Å². The first-order valence-electron chi connectivity index (χ1n) is 7.98. The SMILES string of the molecule is O=C1OCCOC2CCCc3oc(C4=CCCCC4)c1c32. The van der Waals surface area contributed by atoms with Crippen LogP contribution in [-0.4, -0.2) is 19.2 Å². The van der Waals surface area contributed by atoms with Crippen molar-refractivity contribution < 1.29 is 18.7 Å². The summed E-state index contributed by atoms with van der Waals surface area (Å²) in [4.78, 5) is 12.5. The first-order chi connectivity index (χ1) is 10.3. The van der Waals surface area contributed by atoms with Crippen molar-refractivity contribution in [2.75, 3.05) is 13.2 Å². The molecule has 0 radical (unpaired) electrons. The first kappa shape index (κ1) is 13.1. The van der Waals surface area contributed by atoms with Gasteiger partial charge in [-0.3, -0.25) is 0 Å². The molecular formula is C17H20O4. The van der Waals surface area contributed by atoms with E-state index in [2.05, 4.69) is 6.08 Å². The summed E-state index contributed by atoms with van der Waals surface area (Å²) in [5.74, 6) is 1.44. The molecule has 0 fully saturated rings. The molecule has 112 valence electrons. The lowest BCUT2D eigenvalue weighted by Crippen LogP contribution is -2.22. The molecule has 2 heterocycles. The Bertz CT molecular complexity index is 596. The normalized spacial score (nSPS) is 25.4. The highest BCUT2D eigenvalue weighted by molar-refractivity contribution is 5.96. The van der Waals surface area contributed by atoms with Gasteiger partial charge in [-0.25, -0.2) is 4.79 Å². The Morgan fingerprint density at radius 2 is 2.05 bits per heavy atom. The summed E-state index contributed by atoms with van der Waals surface area (Å²) in [6, 6.07) is 0. The minimum absolute atomic E-state index is 0.00158. The molecule has 3 aliphatic rings. The van der Waals surface area contributed by atoms with Crippen LogP contribution in [0.2, 0.25) is 0 Å². The highest BCUT2D eigenvalue weighted by Crippen LogP contribution is 2.42. The van der Waals surface area contributed by atoms with E-state index >= 15 is 0 Å². The van der Waals surface area contributed by atoms with E-state index in [1.54, 1.807) is 0 Å². The van der Waals surface area contributed by atoms with Gasteiger partial charge in [-0.05, 0) is 44.1 Å². The van der Waals surface area contributed by atoms with Crippen LogP contribution in [0.1, 0.15) is 72.1 Å². The van der Waals surface area contributed by atoms with Crippen molar-refractivity contribution in [3.05, 3.63) is 28.7 Å². The van der Waals surface area contributed by atoms with Crippen LogP contribution in [0.4, 0.5) is 0 Å². The molecule has 0 saturated heterocycles. The summed E-state index contributed by atoms with van der Waals surface area (Å²) in [7, 11) is 0. The van der Waals surface area contributed by atoms with Crippen LogP contribution < -0.4 is 0 Å². The Morgan fingerprint density at radius 3 is 2.90 bits per heavy atom. The molecule has 4 heteroatoms. The average molecular weight is 288 g/mol. The van der Waals surface area contributed by atoms with Gasteiger partial charge in [0.05, 0.1) is 12.7 Å². The molecule has 1 aromatic rings. The molecule has 4 nitrogen and oxygen atoms in total.